The van der Waals surface area contributed by atoms with Gasteiger partial charge in [0.1, 0.15) is 0 Å². The van der Waals surface area contributed by atoms with Crippen molar-refractivity contribution in [2.75, 3.05) is 66.1 Å². The Morgan fingerprint density at radius 2 is 1.64 bits per heavy atom. The van der Waals surface area contributed by atoms with Gasteiger partial charge in [-0.15, -0.1) is 6.58 Å². The lowest BCUT2D eigenvalue weighted by atomic mass is 10.3. The summed E-state index contributed by atoms with van der Waals surface area (Å²) in [5, 5.41) is 5.65. The van der Waals surface area contributed by atoms with Crippen LogP contribution in [0.5, 0.6) is 0 Å². The quantitative estimate of drug-likeness (QED) is 0.402. The fourth-order valence-electron chi connectivity index (χ4n) is 2.25. The van der Waals surface area contributed by atoms with Crippen LogP contribution in [0.15, 0.2) is 12.7 Å². The number of rotatable bonds is 10. The smallest absolute Gasteiger partial charge is 0.234 e. The van der Waals surface area contributed by atoms with Crippen LogP contribution in [0, 0.1) is 0 Å². The van der Waals surface area contributed by atoms with Crippen LogP contribution in [-0.2, 0) is 14.3 Å². The highest BCUT2D eigenvalue weighted by atomic mass is 16.5. The Morgan fingerprint density at radius 3 is 2.14 bits per heavy atom. The average molecular weight is 312 g/mol. The number of nitrogens with zero attached hydrogens (tertiary/aromatic N) is 2. The second kappa shape index (κ2) is 11.2. The van der Waals surface area contributed by atoms with Crippen molar-refractivity contribution in [1.29, 1.82) is 0 Å². The molecule has 1 aliphatic rings. The minimum absolute atomic E-state index is 0.0178. The third-order valence-corrected chi connectivity index (χ3v) is 3.49. The average Bonchev–Trinajstić information content (AvgIpc) is 2.51. The van der Waals surface area contributed by atoms with E-state index in [2.05, 4.69) is 27.0 Å². The second-order valence-electron chi connectivity index (χ2n) is 5.34. The molecule has 126 valence electrons. The van der Waals surface area contributed by atoms with Crippen molar-refractivity contribution in [3.05, 3.63) is 12.7 Å². The summed E-state index contributed by atoms with van der Waals surface area (Å²) in [4.78, 5) is 27.6. The largest absolute Gasteiger partial charge is 0.385 e. The molecule has 0 atom stereocenters. The van der Waals surface area contributed by atoms with Crippen LogP contribution in [0.1, 0.15) is 6.42 Å². The van der Waals surface area contributed by atoms with Crippen LogP contribution in [0.4, 0.5) is 0 Å². The van der Waals surface area contributed by atoms with Crippen LogP contribution < -0.4 is 10.6 Å². The van der Waals surface area contributed by atoms with Gasteiger partial charge >= 0.3 is 0 Å². The molecular weight excluding hydrogens is 284 g/mol. The van der Waals surface area contributed by atoms with Gasteiger partial charge in [0, 0.05) is 53.0 Å². The highest BCUT2D eigenvalue weighted by Gasteiger charge is 2.20. The summed E-state index contributed by atoms with van der Waals surface area (Å²) in [5.41, 5.74) is 0. The minimum atomic E-state index is 0.0178. The lowest BCUT2D eigenvalue weighted by molar-refractivity contribution is -0.124. The molecule has 0 bridgehead atoms. The molecule has 0 unspecified atom stereocenters. The summed E-state index contributed by atoms with van der Waals surface area (Å²) in [6, 6.07) is 0. The molecule has 0 saturated carbocycles. The van der Waals surface area contributed by atoms with E-state index in [-0.39, 0.29) is 11.8 Å². The molecule has 0 spiro atoms. The highest BCUT2D eigenvalue weighted by Crippen LogP contribution is 2.00. The van der Waals surface area contributed by atoms with Crippen LogP contribution in [0.25, 0.3) is 0 Å². The molecule has 22 heavy (non-hydrogen) atoms. The van der Waals surface area contributed by atoms with Crippen molar-refractivity contribution in [3.8, 4) is 0 Å². The summed E-state index contributed by atoms with van der Waals surface area (Å²) >= 11 is 0. The SMILES string of the molecule is C=CCNC(=O)CN1CCN(CC(=O)NCCCOC)CC1. The fourth-order valence-corrected chi connectivity index (χ4v) is 2.25. The highest BCUT2D eigenvalue weighted by molar-refractivity contribution is 5.78. The van der Waals surface area contributed by atoms with Gasteiger partial charge in [0.05, 0.1) is 13.1 Å². The van der Waals surface area contributed by atoms with E-state index in [4.69, 9.17) is 4.74 Å². The third kappa shape index (κ3) is 8.11. The first kappa shape index (κ1) is 18.6. The standard InChI is InChI=1S/C15H28N4O3/c1-3-5-16-14(20)12-18-7-9-19(10-8-18)13-15(21)17-6-4-11-22-2/h3H,1,4-13H2,2H3,(H,16,20)(H,17,21). The molecule has 0 aromatic rings. The first-order valence-corrected chi connectivity index (χ1v) is 7.73. The van der Waals surface area contributed by atoms with Gasteiger partial charge in [-0.1, -0.05) is 6.08 Å². The van der Waals surface area contributed by atoms with Crippen molar-refractivity contribution in [2.24, 2.45) is 0 Å². The monoisotopic (exact) mass is 312 g/mol. The maximum absolute atomic E-state index is 11.8. The van der Waals surface area contributed by atoms with E-state index in [1.807, 2.05) is 0 Å². The first-order valence-electron chi connectivity index (χ1n) is 7.73. The molecule has 7 heteroatoms. The molecule has 1 heterocycles. The number of nitrogens with one attached hydrogen (secondary N) is 2. The Kier molecular flexibility index (Phi) is 9.45. The van der Waals surface area contributed by atoms with Crippen molar-refractivity contribution in [1.82, 2.24) is 20.4 Å². The zero-order valence-electron chi connectivity index (χ0n) is 13.5. The number of ether oxygens (including phenoxy) is 1. The van der Waals surface area contributed by atoms with Gasteiger partial charge in [0.25, 0.3) is 0 Å². The van der Waals surface area contributed by atoms with Crippen molar-refractivity contribution in [2.45, 2.75) is 6.42 Å². The van der Waals surface area contributed by atoms with E-state index in [1.165, 1.54) is 0 Å². The van der Waals surface area contributed by atoms with Gasteiger partial charge in [0.15, 0.2) is 0 Å². The summed E-state index contributed by atoms with van der Waals surface area (Å²) in [7, 11) is 1.65. The topological polar surface area (TPSA) is 73.9 Å². The lowest BCUT2D eigenvalue weighted by Crippen LogP contribution is -2.51. The molecule has 0 aromatic heterocycles. The van der Waals surface area contributed by atoms with Gasteiger partial charge < -0.3 is 15.4 Å². The van der Waals surface area contributed by atoms with E-state index in [9.17, 15) is 9.59 Å². The molecule has 0 aromatic carbocycles. The second-order valence-corrected chi connectivity index (χ2v) is 5.34. The molecule has 1 rings (SSSR count). The molecule has 1 fully saturated rings. The van der Waals surface area contributed by atoms with Crippen molar-refractivity contribution < 1.29 is 14.3 Å². The van der Waals surface area contributed by atoms with E-state index < -0.39 is 0 Å². The zero-order valence-corrected chi connectivity index (χ0v) is 13.5. The van der Waals surface area contributed by atoms with Crippen LogP contribution >= 0.6 is 0 Å². The molecule has 2 N–H and O–H groups in total. The molecule has 1 aliphatic heterocycles. The van der Waals surface area contributed by atoms with Crippen LogP contribution in [-0.4, -0.2) is 87.7 Å². The maximum atomic E-state index is 11.8. The number of amides is 2. The van der Waals surface area contributed by atoms with Crippen LogP contribution in [0.2, 0.25) is 0 Å². The first-order chi connectivity index (χ1) is 10.7. The Labute approximate surface area is 132 Å². The number of methoxy groups -OCH3 is 1. The summed E-state index contributed by atoms with van der Waals surface area (Å²) in [6.07, 6.45) is 2.50. The molecule has 7 nitrogen and oxygen atoms in total. The van der Waals surface area contributed by atoms with Gasteiger partial charge in [-0.05, 0) is 6.42 Å². The summed E-state index contributed by atoms with van der Waals surface area (Å²) < 4.78 is 4.94. The molecule has 2 amide bonds. The molecule has 0 aliphatic carbocycles. The van der Waals surface area contributed by atoms with Crippen molar-refractivity contribution >= 4 is 11.8 Å². The number of hydrogen-bond acceptors (Lipinski definition) is 5. The third-order valence-electron chi connectivity index (χ3n) is 3.49. The number of carbonyl (C=O) groups excluding carboxylic acids is 2. The molecule has 1 saturated heterocycles. The lowest BCUT2D eigenvalue weighted by Gasteiger charge is -2.33. The zero-order chi connectivity index (χ0) is 16.2. The van der Waals surface area contributed by atoms with E-state index in [0.717, 1.165) is 32.6 Å². The van der Waals surface area contributed by atoms with E-state index in [1.54, 1.807) is 13.2 Å². The van der Waals surface area contributed by atoms with E-state index in [0.29, 0.717) is 32.8 Å². The number of carbonyl (C=O) groups is 2. The normalized spacial score (nSPS) is 16.2. The molecular formula is C15H28N4O3. The molecule has 0 radical (unpaired) electrons. The summed E-state index contributed by atoms with van der Waals surface area (Å²) in [5.74, 6) is 0.0671. The van der Waals surface area contributed by atoms with E-state index >= 15 is 0 Å². The fraction of sp³-hybridized carbons (Fsp3) is 0.733. The van der Waals surface area contributed by atoms with Gasteiger partial charge in [-0.2, -0.15) is 0 Å². The Hall–Kier alpha value is -1.44. The predicted molar refractivity (Wildman–Crippen MR) is 85.6 cm³/mol. The number of hydrogen-bond donors (Lipinski definition) is 2. The predicted octanol–water partition coefficient (Wildman–Crippen LogP) is -0.941. The van der Waals surface area contributed by atoms with Gasteiger partial charge in [0.2, 0.25) is 11.8 Å². The Bertz CT molecular complexity index is 355. The van der Waals surface area contributed by atoms with Crippen molar-refractivity contribution in [3.63, 3.8) is 0 Å². The van der Waals surface area contributed by atoms with Gasteiger partial charge in [-0.25, -0.2) is 0 Å². The Balaban J connectivity index is 2.12. The van der Waals surface area contributed by atoms with Crippen LogP contribution in [0.3, 0.4) is 0 Å². The van der Waals surface area contributed by atoms with Gasteiger partial charge in [-0.3, -0.25) is 19.4 Å². The number of piperazine rings is 1. The summed E-state index contributed by atoms with van der Waals surface area (Å²) in [6.45, 7) is 9.43. The Morgan fingerprint density at radius 1 is 1.09 bits per heavy atom. The maximum Gasteiger partial charge on any atom is 0.234 e. The minimum Gasteiger partial charge on any atom is -0.385 e.